The van der Waals surface area contributed by atoms with Gasteiger partial charge < -0.3 is 9.47 Å². The molecule has 1 saturated heterocycles. The van der Waals surface area contributed by atoms with Crippen molar-refractivity contribution in [1.82, 2.24) is 0 Å². The molecule has 3 heteroatoms. The maximum Gasteiger partial charge on any atom is 0.123 e. The second-order valence-electron chi connectivity index (χ2n) is 3.76. The van der Waals surface area contributed by atoms with Crippen molar-refractivity contribution < 1.29 is 13.9 Å². The van der Waals surface area contributed by atoms with Gasteiger partial charge in [0, 0.05) is 0 Å². The van der Waals surface area contributed by atoms with E-state index < -0.39 is 0 Å². The Bertz CT molecular complexity index is 380. The summed E-state index contributed by atoms with van der Waals surface area (Å²) in [4.78, 5) is 0. The summed E-state index contributed by atoms with van der Waals surface area (Å²) >= 11 is 0. The van der Waals surface area contributed by atoms with Crippen molar-refractivity contribution in [2.24, 2.45) is 0 Å². The minimum absolute atomic E-state index is 0.0473. The van der Waals surface area contributed by atoms with Crippen LogP contribution in [0.2, 0.25) is 0 Å². The van der Waals surface area contributed by atoms with E-state index in [0.717, 1.165) is 12.8 Å². The van der Waals surface area contributed by atoms with Crippen LogP contribution in [0.4, 0.5) is 4.39 Å². The summed E-state index contributed by atoms with van der Waals surface area (Å²) in [7, 11) is 0. The van der Waals surface area contributed by atoms with Gasteiger partial charge in [-0.1, -0.05) is 5.92 Å². The van der Waals surface area contributed by atoms with Gasteiger partial charge in [-0.25, -0.2) is 4.39 Å². The number of rotatable bonds is 3. The van der Waals surface area contributed by atoms with Crippen molar-refractivity contribution in [1.29, 1.82) is 0 Å². The maximum atomic E-state index is 12.6. The topological polar surface area (TPSA) is 18.5 Å². The summed E-state index contributed by atoms with van der Waals surface area (Å²) in [6.07, 6.45) is 7.02. The van der Waals surface area contributed by atoms with E-state index in [1.807, 2.05) is 0 Å². The Morgan fingerprint density at radius 1 is 1.38 bits per heavy atom. The van der Waals surface area contributed by atoms with Crippen molar-refractivity contribution >= 4 is 0 Å². The van der Waals surface area contributed by atoms with Crippen LogP contribution in [-0.2, 0) is 4.74 Å². The summed E-state index contributed by atoms with van der Waals surface area (Å²) in [5.74, 6) is 2.95. The second kappa shape index (κ2) is 5.00. The molecule has 2 nitrogen and oxygen atoms in total. The minimum Gasteiger partial charge on any atom is -0.491 e. The van der Waals surface area contributed by atoms with Crippen LogP contribution in [0.25, 0.3) is 0 Å². The van der Waals surface area contributed by atoms with E-state index in [1.165, 1.54) is 12.1 Å². The molecule has 1 aromatic rings. The molecule has 0 aliphatic carbocycles. The molecule has 0 radical (unpaired) electrons. The molecule has 2 atom stereocenters. The normalized spacial score (nSPS) is 24.0. The zero-order valence-corrected chi connectivity index (χ0v) is 8.86. The summed E-state index contributed by atoms with van der Waals surface area (Å²) in [5, 5.41) is 0. The number of terminal acetylenes is 1. The lowest BCUT2D eigenvalue weighted by Crippen LogP contribution is -2.18. The molecular formula is C13H13FO2. The van der Waals surface area contributed by atoms with E-state index in [0.29, 0.717) is 12.4 Å². The van der Waals surface area contributed by atoms with Gasteiger partial charge in [-0.15, -0.1) is 6.42 Å². The fourth-order valence-electron chi connectivity index (χ4n) is 1.67. The van der Waals surface area contributed by atoms with Crippen molar-refractivity contribution in [3.8, 4) is 18.1 Å². The van der Waals surface area contributed by atoms with Crippen LogP contribution in [0, 0.1) is 18.2 Å². The van der Waals surface area contributed by atoms with E-state index in [2.05, 4.69) is 5.92 Å². The van der Waals surface area contributed by atoms with E-state index >= 15 is 0 Å². The van der Waals surface area contributed by atoms with Crippen LogP contribution in [0.15, 0.2) is 24.3 Å². The first kappa shape index (κ1) is 11.0. The van der Waals surface area contributed by atoms with Crippen LogP contribution in [0.3, 0.4) is 0 Å². The fourth-order valence-corrected chi connectivity index (χ4v) is 1.67. The molecule has 2 unspecified atom stereocenters. The van der Waals surface area contributed by atoms with Crippen LogP contribution >= 0.6 is 0 Å². The predicted molar refractivity (Wildman–Crippen MR) is 58.6 cm³/mol. The summed E-state index contributed by atoms with van der Waals surface area (Å²) in [6.45, 7) is 0.462. The number of hydrogen-bond donors (Lipinski definition) is 0. The second-order valence-corrected chi connectivity index (χ2v) is 3.76. The summed E-state index contributed by atoms with van der Waals surface area (Å²) < 4.78 is 23.6. The lowest BCUT2D eigenvalue weighted by Gasteiger charge is -2.12. The molecule has 0 bridgehead atoms. The Kier molecular flexibility index (Phi) is 3.43. The van der Waals surface area contributed by atoms with Crippen molar-refractivity contribution in [2.45, 2.75) is 25.0 Å². The molecule has 0 aromatic heterocycles. The molecule has 1 fully saturated rings. The molecule has 0 saturated carbocycles. The largest absolute Gasteiger partial charge is 0.491 e. The van der Waals surface area contributed by atoms with E-state index in [-0.39, 0.29) is 18.0 Å². The Hall–Kier alpha value is -1.53. The molecule has 2 rings (SSSR count). The summed E-state index contributed by atoms with van der Waals surface area (Å²) in [6, 6.07) is 5.94. The minimum atomic E-state index is -0.267. The van der Waals surface area contributed by atoms with Crippen molar-refractivity contribution in [2.75, 3.05) is 6.61 Å². The highest BCUT2D eigenvalue weighted by atomic mass is 19.1. The van der Waals surface area contributed by atoms with E-state index in [9.17, 15) is 4.39 Å². The van der Waals surface area contributed by atoms with Crippen LogP contribution in [0.1, 0.15) is 12.8 Å². The highest BCUT2D eigenvalue weighted by molar-refractivity contribution is 5.22. The van der Waals surface area contributed by atoms with Gasteiger partial charge in [0.05, 0.1) is 6.10 Å². The molecule has 0 spiro atoms. The van der Waals surface area contributed by atoms with Gasteiger partial charge >= 0.3 is 0 Å². The lowest BCUT2D eigenvalue weighted by molar-refractivity contribution is 0.0420. The average Bonchev–Trinajstić information content (AvgIpc) is 2.76. The first-order valence-corrected chi connectivity index (χ1v) is 5.28. The zero-order chi connectivity index (χ0) is 11.4. The van der Waals surface area contributed by atoms with Crippen LogP contribution in [-0.4, -0.2) is 18.8 Å². The summed E-state index contributed by atoms with van der Waals surface area (Å²) in [5.41, 5.74) is 0. The first-order valence-electron chi connectivity index (χ1n) is 5.28. The zero-order valence-electron chi connectivity index (χ0n) is 8.86. The lowest BCUT2D eigenvalue weighted by atomic mass is 10.2. The third-order valence-corrected chi connectivity index (χ3v) is 2.54. The Morgan fingerprint density at radius 3 is 2.75 bits per heavy atom. The Balaban J connectivity index is 1.80. The molecule has 1 aliphatic rings. The molecule has 0 N–H and O–H groups in total. The van der Waals surface area contributed by atoms with E-state index in [4.69, 9.17) is 15.9 Å². The number of benzene rings is 1. The van der Waals surface area contributed by atoms with E-state index in [1.54, 1.807) is 12.1 Å². The fraction of sp³-hybridized carbons (Fsp3) is 0.385. The van der Waals surface area contributed by atoms with Gasteiger partial charge in [-0.2, -0.15) is 0 Å². The molecule has 1 aliphatic heterocycles. The number of halogens is 1. The molecule has 16 heavy (non-hydrogen) atoms. The predicted octanol–water partition coefficient (Wildman–Crippen LogP) is 2.39. The molecule has 0 amide bonds. The van der Waals surface area contributed by atoms with Crippen LogP contribution < -0.4 is 4.74 Å². The third-order valence-electron chi connectivity index (χ3n) is 2.54. The highest BCUT2D eigenvalue weighted by Gasteiger charge is 2.23. The first-order chi connectivity index (χ1) is 7.78. The molecule has 84 valence electrons. The van der Waals surface area contributed by atoms with Gasteiger partial charge in [0.25, 0.3) is 0 Å². The van der Waals surface area contributed by atoms with Gasteiger partial charge in [-0.3, -0.25) is 0 Å². The van der Waals surface area contributed by atoms with Crippen LogP contribution in [0.5, 0.6) is 5.75 Å². The smallest absolute Gasteiger partial charge is 0.123 e. The van der Waals surface area contributed by atoms with Crippen molar-refractivity contribution in [3.05, 3.63) is 30.1 Å². The SMILES string of the molecule is C#CC1CCC(COc2ccc(F)cc2)O1. The average molecular weight is 220 g/mol. The monoisotopic (exact) mass is 220 g/mol. The molecule has 1 aromatic carbocycles. The maximum absolute atomic E-state index is 12.6. The van der Waals surface area contributed by atoms with Gasteiger partial charge in [0.2, 0.25) is 0 Å². The molecule has 1 heterocycles. The number of ether oxygens (including phenoxy) is 2. The van der Waals surface area contributed by atoms with Gasteiger partial charge in [0.15, 0.2) is 0 Å². The van der Waals surface area contributed by atoms with Gasteiger partial charge in [0.1, 0.15) is 24.3 Å². The van der Waals surface area contributed by atoms with Gasteiger partial charge in [-0.05, 0) is 37.1 Å². The number of hydrogen-bond acceptors (Lipinski definition) is 2. The standard InChI is InChI=1S/C13H13FO2/c1-2-11-7-8-13(16-11)9-15-12-5-3-10(14)4-6-12/h1,3-6,11,13H,7-9H2. The quantitative estimate of drug-likeness (QED) is 0.728. The van der Waals surface area contributed by atoms with Crippen molar-refractivity contribution in [3.63, 3.8) is 0 Å². The molecular weight excluding hydrogens is 207 g/mol. The third kappa shape index (κ3) is 2.74. The Labute approximate surface area is 94.4 Å². The highest BCUT2D eigenvalue weighted by Crippen LogP contribution is 2.20. The Morgan fingerprint density at radius 2 is 2.12 bits per heavy atom.